The molecule has 110 valence electrons. The van der Waals surface area contributed by atoms with Crippen LogP contribution >= 0.6 is 0 Å². The molecular formula is C17H31NO. The van der Waals surface area contributed by atoms with Gasteiger partial charge in [0, 0.05) is 12.6 Å². The van der Waals surface area contributed by atoms with E-state index in [0.717, 1.165) is 18.6 Å². The Kier molecular flexibility index (Phi) is 3.92. The average molecular weight is 265 g/mol. The van der Waals surface area contributed by atoms with E-state index in [-0.39, 0.29) is 0 Å². The van der Waals surface area contributed by atoms with Crippen LogP contribution in [0.5, 0.6) is 0 Å². The second-order valence-electron chi connectivity index (χ2n) is 7.62. The zero-order valence-electron chi connectivity index (χ0n) is 12.8. The summed E-state index contributed by atoms with van der Waals surface area (Å²) in [5, 5.41) is 3.74. The molecule has 1 spiro atoms. The van der Waals surface area contributed by atoms with Crippen LogP contribution in [-0.4, -0.2) is 24.8 Å². The van der Waals surface area contributed by atoms with E-state index in [0.29, 0.717) is 11.0 Å². The summed E-state index contributed by atoms with van der Waals surface area (Å²) in [4.78, 5) is 0. The number of hydrogen-bond donors (Lipinski definition) is 1. The summed E-state index contributed by atoms with van der Waals surface area (Å²) in [5.74, 6) is 0.912. The minimum absolute atomic E-state index is 0.320. The van der Waals surface area contributed by atoms with Crippen molar-refractivity contribution < 1.29 is 4.74 Å². The summed E-state index contributed by atoms with van der Waals surface area (Å²) in [7, 11) is 0. The molecule has 0 bridgehead atoms. The molecule has 0 radical (unpaired) electrons. The first-order valence-corrected chi connectivity index (χ1v) is 8.53. The van der Waals surface area contributed by atoms with Gasteiger partial charge in [0.25, 0.3) is 0 Å². The topological polar surface area (TPSA) is 21.3 Å². The van der Waals surface area contributed by atoms with Crippen LogP contribution in [0, 0.1) is 11.3 Å². The van der Waals surface area contributed by atoms with Gasteiger partial charge in [-0.15, -0.1) is 0 Å². The van der Waals surface area contributed by atoms with Crippen LogP contribution in [0.1, 0.15) is 71.6 Å². The van der Waals surface area contributed by atoms with Gasteiger partial charge in [-0.05, 0) is 75.7 Å². The Bertz CT molecular complexity index is 312. The van der Waals surface area contributed by atoms with Crippen LogP contribution in [0.25, 0.3) is 0 Å². The van der Waals surface area contributed by atoms with Gasteiger partial charge in [-0.25, -0.2) is 0 Å². The van der Waals surface area contributed by atoms with Crippen molar-refractivity contribution in [1.82, 2.24) is 5.32 Å². The van der Waals surface area contributed by atoms with Gasteiger partial charge in [-0.2, -0.15) is 0 Å². The van der Waals surface area contributed by atoms with Gasteiger partial charge in [0.15, 0.2) is 0 Å². The van der Waals surface area contributed by atoms with E-state index in [9.17, 15) is 0 Å². The van der Waals surface area contributed by atoms with E-state index in [1.807, 2.05) is 0 Å². The maximum atomic E-state index is 6.11. The average Bonchev–Trinajstić information content (AvgIpc) is 2.78. The van der Waals surface area contributed by atoms with E-state index in [1.54, 1.807) is 0 Å². The summed E-state index contributed by atoms with van der Waals surface area (Å²) in [6.45, 7) is 7.04. The molecule has 3 fully saturated rings. The molecule has 1 heterocycles. The van der Waals surface area contributed by atoms with Crippen molar-refractivity contribution in [2.24, 2.45) is 11.3 Å². The summed E-state index contributed by atoms with van der Waals surface area (Å²) in [5.41, 5.74) is 0.901. The first-order chi connectivity index (χ1) is 9.16. The molecule has 0 aromatic heterocycles. The minimum atomic E-state index is 0.320. The summed E-state index contributed by atoms with van der Waals surface area (Å²) < 4.78 is 6.11. The van der Waals surface area contributed by atoms with Gasteiger partial charge in [-0.3, -0.25) is 0 Å². The SMILES string of the molecule is CCCNC1CCC(C)(C2CCOC3(CCC3)C2)C1. The Morgan fingerprint density at radius 1 is 1.16 bits per heavy atom. The summed E-state index contributed by atoms with van der Waals surface area (Å²) in [6, 6.07) is 0.783. The Labute approximate surface area is 118 Å². The highest BCUT2D eigenvalue weighted by Crippen LogP contribution is 2.53. The molecule has 1 aliphatic heterocycles. The smallest absolute Gasteiger partial charge is 0.0685 e. The van der Waals surface area contributed by atoms with Crippen molar-refractivity contribution in [2.45, 2.75) is 83.3 Å². The molecule has 2 heteroatoms. The zero-order valence-corrected chi connectivity index (χ0v) is 12.8. The van der Waals surface area contributed by atoms with Crippen molar-refractivity contribution in [3.8, 4) is 0 Å². The fourth-order valence-electron chi connectivity index (χ4n) is 4.71. The van der Waals surface area contributed by atoms with Gasteiger partial charge in [-0.1, -0.05) is 13.8 Å². The lowest BCUT2D eigenvalue weighted by molar-refractivity contribution is -0.158. The van der Waals surface area contributed by atoms with E-state index in [1.165, 1.54) is 64.3 Å². The summed E-state index contributed by atoms with van der Waals surface area (Å²) >= 11 is 0. The molecule has 3 rings (SSSR count). The zero-order chi connectivity index (χ0) is 13.3. The van der Waals surface area contributed by atoms with Crippen LogP contribution in [0.3, 0.4) is 0 Å². The normalized spacial score (nSPS) is 41.4. The van der Waals surface area contributed by atoms with Crippen LogP contribution in [0.15, 0.2) is 0 Å². The molecular weight excluding hydrogens is 234 g/mol. The third kappa shape index (κ3) is 2.71. The van der Waals surface area contributed by atoms with E-state index >= 15 is 0 Å². The molecule has 19 heavy (non-hydrogen) atoms. The Balaban J connectivity index is 1.58. The molecule has 2 aliphatic carbocycles. The van der Waals surface area contributed by atoms with Gasteiger partial charge in [0.05, 0.1) is 5.60 Å². The highest BCUT2D eigenvalue weighted by molar-refractivity contribution is 5.01. The second-order valence-corrected chi connectivity index (χ2v) is 7.62. The van der Waals surface area contributed by atoms with Crippen molar-refractivity contribution in [3.63, 3.8) is 0 Å². The maximum Gasteiger partial charge on any atom is 0.0685 e. The van der Waals surface area contributed by atoms with Crippen LogP contribution in [0.4, 0.5) is 0 Å². The molecule has 2 nitrogen and oxygen atoms in total. The van der Waals surface area contributed by atoms with Crippen LogP contribution in [-0.2, 0) is 4.74 Å². The van der Waals surface area contributed by atoms with E-state index < -0.39 is 0 Å². The predicted octanol–water partition coefficient (Wildman–Crippen LogP) is 3.89. The lowest BCUT2D eigenvalue weighted by atomic mass is 9.63. The van der Waals surface area contributed by atoms with Crippen molar-refractivity contribution >= 4 is 0 Å². The molecule has 0 aromatic rings. The molecule has 3 aliphatic rings. The largest absolute Gasteiger partial charge is 0.375 e. The Morgan fingerprint density at radius 3 is 2.68 bits per heavy atom. The van der Waals surface area contributed by atoms with Gasteiger partial charge >= 0.3 is 0 Å². The number of hydrogen-bond acceptors (Lipinski definition) is 2. The highest BCUT2D eigenvalue weighted by Gasteiger charge is 2.49. The molecule has 0 amide bonds. The molecule has 2 saturated carbocycles. The molecule has 1 N–H and O–H groups in total. The minimum Gasteiger partial charge on any atom is -0.375 e. The second kappa shape index (κ2) is 5.37. The first-order valence-electron chi connectivity index (χ1n) is 8.53. The van der Waals surface area contributed by atoms with Crippen molar-refractivity contribution in [1.29, 1.82) is 0 Å². The lowest BCUT2D eigenvalue weighted by Crippen LogP contribution is -2.48. The number of nitrogens with one attached hydrogen (secondary N) is 1. The third-order valence-corrected chi connectivity index (χ3v) is 6.20. The van der Waals surface area contributed by atoms with E-state index in [2.05, 4.69) is 19.2 Å². The first kappa shape index (κ1) is 13.9. The van der Waals surface area contributed by atoms with E-state index in [4.69, 9.17) is 4.74 Å². The fourth-order valence-corrected chi connectivity index (χ4v) is 4.71. The number of ether oxygens (including phenoxy) is 1. The molecule has 1 saturated heterocycles. The monoisotopic (exact) mass is 265 g/mol. The van der Waals surface area contributed by atoms with Gasteiger partial charge in [0.1, 0.15) is 0 Å². The van der Waals surface area contributed by atoms with Gasteiger partial charge < -0.3 is 10.1 Å². The maximum absolute atomic E-state index is 6.11. The molecule has 3 unspecified atom stereocenters. The standard InChI is InChI=1S/C17H31NO/c1-3-10-18-15-5-9-16(2,13-15)14-6-11-19-17(12-14)7-4-8-17/h14-15,18H,3-13H2,1-2H3. The fraction of sp³-hybridized carbons (Fsp3) is 1.00. The van der Waals surface area contributed by atoms with Crippen LogP contribution in [0.2, 0.25) is 0 Å². The lowest BCUT2D eigenvalue weighted by Gasteiger charge is -2.51. The van der Waals surface area contributed by atoms with Crippen LogP contribution < -0.4 is 5.32 Å². The Hall–Kier alpha value is -0.0800. The molecule has 0 aromatic carbocycles. The highest BCUT2D eigenvalue weighted by atomic mass is 16.5. The Morgan fingerprint density at radius 2 is 2.00 bits per heavy atom. The number of rotatable bonds is 4. The van der Waals surface area contributed by atoms with Crippen molar-refractivity contribution in [3.05, 3.63) is 0 Å². The molecule has 3 atom stereocenters. The van der Waals surface area contributed by atoms with Crippen molar-refractivity contribution in [2.75, 3.05) is 13.2 Å². The quantitative estimate of drug-likeness (QED) is 0.832. The third-order valence-electron chi connectivity index (χ3n) is 6.20. The summed E-state index contributed by atoms with van der Waals surface area (Å²) in [6.07, 6.45) is 12.2. The van der Waals surface area contributed by atoms with Gasteiger partial charge in [0.2, 0.25) is 0 Å². The predicted molar refractivity (Wildman–Crippen MR) is 79.3 cm³/mol.